The van der Waals surface area contributed by atoms with Crippen LogP contribution < -0.4 is 5.32 Å². The maximum Gasteiger partial charge on any atom is 0.337 e. The Labute approximate surface area is 180 Å². The molecule has 6 nitrogen and oxygen atoms in total. The van der Waals surface area contributed by atoms with Crippen molar-refractivity contribution in [3.8, 4) is 6.07 Å². The van der Waals surface area contributed by atoms with Gasteiger partial charge in [0.2, 0.25) is 5.91 Å². The number of para-hydroxylation sites is 1. The van der Waals surface area contributed by atoms with Gasteiger partial charge in [-0.05, 0) is 55.9 Å². The van der Waals surface area contributed by atoms with Crippen molar-refractivity contribution in [1.29, 1.82) is 5.26 Å². The van der Waals surface area contributed by atoms with Crippen molar-refractivity contribution in [2.45, 2.75) is 62.1 Å². The number of rotatable bonds is 6. The molecule has 1 unspecified atom stereocenters. The molecular formula is C23H25N3O3S. The molecule has 0 spiro atoms. The second-order valence-electron chi connectivity index (χ2n) is 7.33. The second kappa shape index (κ2) is 10.3. The van der Waals surface area contributed by atoms with Crippen LogP contribution >= 0.6 is 11.8 Å². The van der Waals surface area contributed by atoms with E-state index in [4.69, 9.17) is 4.98 Å². The molecule has 0 saturated carbocycles. The van der Waals surface area contributed by atoms with Crippen molar-refractivity contribution in [1.82, 2.24) is 4.98 Å². The normalized spacial score (nSPS) is 14.5. The predicted molar refractivity (Wildman–Crippen MR) is 117 cm³/mol. The average Bonchev–Trinajstić information content (AvgIpc) is 2.72. The zero-order valence-electron chi connectivity index (χ0n) is 17.0. The van der Waals surface area contributed by atoms with E-state index in [2.05, 4.69) is 11.4 Å². The number of carboxylic acids is 1. The Morgan fingerprint density at radius 3 is 2.67 bits per heavy atom. The summed E-state index contributed by atoms with van der Waals surface area (Å²) in [5.74, 6) is -1.39. The maximum atomic E-state index is 12.9. The number of amides is 1. The van der Waals surface area contributed by atoms with Gasteiger partial charge in [0.15, 0.2) is 0 Å². The average molecular weight is 424 g/mol. The first-order chi connectivity index (χ1) is 14.5. The number of fused-ring (bicyclic) bond motifs is 1. The quantitative estimate of drug-likeness (QED) is 0.646. The van der Waals surface area contributed by atoms with Crippen LogP contribution in [0.2, 0.25) is 0 Å². The number of anilines is 1. The van der Waals surface area contributed by atoms with Crippen LogP contribution in [0.4, 0.5) is 5.69 Å². The number of aromatic carboxylic acids is 1. The summed E-state index contributed by atoms with van der Waals surface area (Å²) in [6, 6.07) is 10.5. The number of benzene rings is 1. The molecule has 1 heterocycles. The van der Waals surface area contributed by atoms with E-state index in [9.17, 15) is 20.0 Å². The summed E-state index contributed by atoms with van der Waals surface area (Å²) >= 11 is 1.27. The van der Waals surface area contributed by atoms with E-state index in [1.165, 1.54) is 30.7 Å². The van der Waals surface area contributed by atoms with Crippen LogP contribution in [0.25, 0.3) is 0 Å². The van der Waals surface area contributed by atoms with Gasteiger partial charge in [0.25, 0.3) is 0 Å². The number of thioether (sulfide) groups is 1. The summed E-state index contributed by atoms with van der Waals surface area (Å²) < 4.78 is 0. The van der Waals surface area contributed by atoms with E-state index in [0.717, 1.165) is 36.9 Å². The van der Waals surface area contributed by atoms with Gasteiger partial charge in [0.05, 0.1) is 22.1 Å². The van der Waals surface area contributed by atoms with E-state index >= 15 is 0 Å². The predicted octanol–water partition coefficient (Wildman–Crippen LogP) is 4.82. The number of aromatic nitrogens is 1. The fraction of sp³-hybridized carbons (Fsp3) is 0.391. The Bertz CT molecular complexity index is 984. The summed E-state index contributed by atoms with van der Waals surface area (Å²) in [6.07, 6.45) is 6.93. The van der Waals surface area contributed by atoms with Crippen molar-refractivity contribution in [3.63, 3.8) is 0 Å². The van der Waals surface area contributed by atoms with Gasteiger partial charge in [-0.25, -0.2) is 9.78 Å². The van der Waals surface area contributed by atoms with Crippen LogP contribution in [0.15, 0.2) is 35.4 Å². The molecule has 1 aromatic carbocycles. The Morgan fingerprint density at radius 2 is 1.97 bits per heavy atom. The highest BCUT2D eigenvalue weighted by atomic mass is 32.2. The molecular weight excluding hydrogens is 398 g/mol. The SMILES string of the molecule is CCC(Sc1nc2c(cc1C#N)CCCCCC2)C(=O)Nc1ccccc1C(=O)O. The van der Waals surface area contributed by atoms with Crippen LogP contribution in [0.1, 0.15) is 66.2 Å². The van der Waals surface area contributed by atoms with Crippen molar-refractivity contribution >= 4 is 29.3 Å². The van der Waals surface area contributed by atoms with Gasteiger partial charge in [0, 0.05) is 5.69 Å². The van der Waals surface area contributed by atoms with Gasteiger partial charge in [-0.3, -0.25) is 4.79 Å². The molecule has 0 bridgehead atoms. The number of hydrogen-bond donors (Lipinski definition) is 2. The number of carboxylic acid groups (broad SMARTS) is 1. The van der Waals surface area contributed by atoms with E-state index in [1.807, 2.05) is 13.0 Å². The van der Waals surface area contributed by atoms with Crippen LogP contribution in [-0.2, 0) is 17.6 Å². The number of pyridine rings is 1. The first kappa shape index (κ1) is 21.8. The zero-order chi connectivity index (χ0) is 21.5. The number of nitriles is 1. The topological polar surface area (TPSA) is 103 Å². The zero-order valence-corrected chi connectivity index (χ0v) is 17.8. The lowest BCUT2D eigenvalue weighted by molar-refractivity contribution is -0.115. The molecule has 0 fully saturated rings. The number of nitrogens with zero attached hydrogens (tertiary/aromatic N) is 2. The smallest absolute Gasteiger partial charge is 0.337 e. The number of carbonyl (C=O) groups excluding carboxylic acids is 1. The van der Waals surface area contributed by atoms with Gasteiger partial charge < -0.3 is 10.4 Å². The van der Waals surface area contributed by atoms with E-state index in [-0.39, 0.29) is 17.2 Å². The van der Waals surface area contributed by atoms with Crippen LogP contribution in [0.5, 0.6) is 0 Å². The van der Waals surface area contributed by atoms with Gasteiger partial charge in [0.1, 0.15) is 11.1 Å². The van der Waals surface area contributed by atoms with Crippen LogP contribution in [0.3, 0.4) is 0 Å². The third-order valence-electron chi connectivity index (χ3n) is 5.22. The Hall–Kier alpha value is -2.85. The molecule has 1 aromatic heterocycles. The number of hydrogen-bond acceptors (Lipinski definition) is 5. The van der Waals surface area contributed by atoms with E-state index in [1.54, 1.807) is 18.2 Å². The lowest BCUT2D eigenvalue weighted by Crippen LogP contribution is -2.26. The molecule has 2 N–H and O–H groups in total. The fourth-order valence-electron chi connectivity index (χ4n) is 3.59. The molecule has 30 heavy (non-hydrogen) atoms. The summed E-state index contributed by atoms with van der Waals surface area (Å²) in [6.45, 7) is 1.89. The molecule has 1 atom stereocenters. The standard InChI is InChI=1S/C23H25N3O3S/c1-2-20(21(27)25-19-12-8-7-10-17(19)23(28)29)30-22-16(14-24)13-15-9-5-3-4-6-11-18(15)26-22/h7-8,10,12-13,20H,2-6,9,11H2,1H3,(H,25,27)(H,28,29). The van der Waals surface area contributed by atoms with Crippen molar-refractivity contribution in [2.75, 3.05) is 5.32 Å². The number of carbonyl (C=O) groups is 2. The van der Waals surface area contributed by atoms with E-state index in [0.29, 0.717) is 17.0 Å². The van der Waals surface area contributed by atoms with Crippen molar-refractivity contribution in [2.24, 2.45) is 0 Å². The second-order valence-corrected chi connectivity index (χ2v) is 8.52. The van der Waals surface area contributed by atoms with Crippen LogP contribution in [-0.4, -0.2) is 27.2 Å². The molecule has 1 aliphatic rings. The highest BCUT2D eigenvalue weighted by molar-refractivity contribution is 8.00. The molecule has 7 heteroatoms. The summed E-state index contributed by atoms with van der Waals surface area (Å²) in [7, 11) is 0. The van der Waals surface area contributed by atoms with Crippen molar-refractivity contribution in [3.05, 3.63) is 52.7 Å². The number of aryl methyl sites for hydroxylation is 2. The fourth-order valence-corrected chi connectivity index (χ4v) is 4.58. The first-order valence-corrected chi connectivity index (χ1v) is 11.1. The Morgan fingerprint density at radius 1 is 1.23 bits per heavy atom. The first-order valence-electron chi connectivity index (χ1n) is 10.3. The lowest BCUT2D eigenvalue weighted by atomic mass is 9.96. The Balaban J connectivity index is 1.83. The summed E-state index contributed by atoms with van der Waals surface area (Å²) in [5, 5.41) is 21.8. The van der Waals surface area contributed by atoms with Gasteiger partial charge in [-0.15, -0.1) is 0 Å². The summed E-state index contributed by atoms with van der Waals surface area (Å²) in [5.41, 5.74) is 2.98. The molecule has 0 radical (unpaired) electrons. The largest absolute Gasteiger partial charge is 0.478 e. The van der Waals surface area contributed by atoms with E-state index < -0.39 is 11.2 Å². The third kappa shape index (κ3) is 5.19. The highest BCUT2D eigenvalue weighted by Gasteiger charge is 2.23. The minimum atomic E-state index is -1.10. The minimum Gasteiger partial charge on any atom is -0.478 e. The molecule has 2 aromatic rings. The molecule has 1 aliphatic carbocycles. The summed E-state index contributed by atoms with van der Waals surface area (Å²) in [4.78, 5) is 29.1. The molecule has 1 amide bonds. The molecule has 0 saturated heterocycles. The third-order valence-corrected chi connectivity index (χ3v) is 6.59. The van der Waals surface area contributed by atoms with Gasteiger partial charge in [-0.1, -0.05) is 43.7 Å². The number of nitrogens with one attached hydrogen (secondary N) is 1. The highest BCUT2D eigenvalue weighted by Crippen LogP contribution is 2.31. The molecule has 156 valence electrons. The lowest BCUT2D eigenvalue weighted by Gasteiger charge is -2.18. The molecule has 3 rings (SSSR count). The Kier molecular flexibility index (Phi) is 7.47. The van der Waals surface area contributed by atoms with Crippen LogP contribution in [0, 0.1) is 11.3 Å². The van der Waals surface area contributed by atoms with Gasteiger partial charge >= 0.3 is 5.97 Å². The van der Waals surface area contributed by atoms with Crippen molar-refractivity contribution < 1.29 is 14.7 Å². The van der Waals surface area contributed by atoms with Gasteiger partial charge in [-0.2, -0.15) is 5.26 Å². The minimum absolute atomic E-state index is 0.0441. The maximum absolute atomic E-state index is 12.9. The molecule has 0 aliphatic heterocycles. The monoisotopic (exact) mass is 423 g/mol.